The van der Waals surface area contributed by atoms with Gasteiger partial charge in [0.05, 0.1) is 0 Å². The normalized spacial score (nSPS) is 12.1. The lowest BCUT2D eigenvalue weighted by atomic mass is 10.2. The summed E-state index contributed by atoms with van der Waals surface area (Å²) in [5, 5.41) is 9.58. The number of nitrogens with zero attached hydrogens (tertiary/aromatic N) is 1. The van der Waals surface area contributed by atoms with Crippen LogP contribution >= 0.6 is 0 Å². The second-order valence-corrected chi connectivity index (χ2v) is 2.99. The Hall–Kier alpha value is -1.64. The maximum Gasteiger partial charge on any atom is 0.291 e. The fourth-order valence-corrected chi connectivity index (χ4v) is 1.25. The summed E-state index contributed by atoms with van der Waals surface area (Å²) in [7, 11) is 0. The molecule has 0 saturated carbocycles. The smallest absolute Gasteiger partial charge is 0.291 e. The van der Waals surface area contributed by atoms with E-state index >= 15 is 0 Å². The standard InChI is InChI=1S/C11H13NO2/c1-3-10(14)11(9(2)13)12-7-5-4-6-8-12/h4-8H,3H2,1-2H3/p+1. The van der Waals surface area contributed by atoms with Gasteiger partial charge in [-0.3, -0.25) is 4.79 Å². The Bertz CT molecular complexity index is 355. The highest BCUT2D eigenvalue weighted by Crippen LogP contribution is 2.05. The van der Waals surface area contributed by atoms with Crippen molar-refractivity contribution in [2.75, 3.05) is 0 Å². The molecule has 1 aromatic heterocycles. The fourth-order valence-electron chi connectivity index (χ4n) is 1.25. The minimum atomic E-state index is -0.138. The molecule has 0 aliphatic heterocycles. The Morgan fingerprint density at radius 1 is 1.29 bits per heavy atom. The summed E-state index contributed by atoms with van der Waals surface area (Å²) >= 11 is 0. The third-order valence-electron chi connectivity index (χ3n) is 1.92. The second kappa shape index (κ2) is 4.56. The summed E-state index contributed by atoms with van der Waals surface area (Å²) in [5.74, 6) is -0.0192. The van der Waals surface area contributed by atoms with Gasteiger partial charge in [0.2, 0.25) is 5.78 Å². The topological polar surface area (TPSA) is 41.2 Å². The molecule has 0 bridgehead atoms. The van der Waals surface area contributed by atoms with Gasteiger partial charge in [0.25, 0.3) is 5.70 Å². The molecule has 0 aliphatic carbocycles. The molecule has 74 valence electrons. The van der Waals surface area contributed by atoms with E-state index in [4.69, 9.17) is 0 Å². The molecule has 0 unspecified atom stereocenters. The van der Waals surface area contributed by atoms with Gasteiger partial charge < -0.3 is 5.11 Å². The van der Waals surface area contributed by atoms with Crippen LogP contribution in [-0.4, -0.2) is 10.9 Å². The Morgan fingerprint density at radius 3 is 2.29 bits per heavy atom. The minimum absolute atomic E-state index is 0.119. The van der Waals surface area contributed by atoms with Gasteiger partial charge in [0.1, 0.15) is 0 Å². The molecule has 0 aliphatic rings. The van der Waals surface area contributed by atoms with Crippen LogP contribution in [0.25, 0.3) is 5.70 Å². The maximum atomic E-state index is 11.3. The van der Waals surface area contributed by atoms with E-state index in [0.717, 1.165) is 0 Å². The molecule has 14 heavy (non-hydrogen) atoms. The maximum absolute atomic E-state index is 11.3. The van der Waals surface area contributed by atoms with Crippen LogP contribution in [0.5, 0.6) is 0 Å². The molecule has 0 fully saturated rings. The summed E-state index contributed by atoms with van der Waals surface area (Å²) in [6, 6.07) is 5.48. The Labute approximate surface area is 83.3 Å². The Morgan fingerprint density at radius 2 is 1.86 bits per heavy atom. The number of carbonyl (C=O) groups excluding carboxylic acids is 1. The van der Waals surface area contributed by atoms with Crippen molar-refractivity contribution in [3.63, 3.8) is 0 Å². The Balaban J connectivity index is 3.21. The molecule has 1 aromatic rings. The molecule has 1 rings (SSSR count). The number of aliphatic hydroxyl groups is 1. The van der Waals surface area contributed by atoms with Gasteiger partial charge >= 0.3 is 0 Å². The number of pyridine rings is 1. The molecule has 0 aromatic carbocycles. The molecule has 3 nitrogen and oxygen atoms in total. The molecule has 0 spiro atoms. The monoisotopic (exact) mass is 192 g/mol. The number of Topliss-reactive ketones (excluding diaryl/α,β-unsaturated/α-hetero) is 1. The predicted octanol–water partition coefficient (Wildman–Crippen LogP) is 1.70. The summed E-state index contributed by atoms with van der Waals surface area (Å²) < 4.78 is 1.63. The quantitative estimate of drug-likeness (QED) is 0.450. The largest absolute Gasteiger partial charge is 0.506 e. The number of hydrogen-bond donors (Lipinski definition) is 1. The van der Waals surface area contributed by atoms with E-state index in [1.54, 1.807) is 17.0 Å². The third-order valence-corrected chi connectivity index (χ3v) is 1.92. The first-order valence-electron chi connectivity index (χ1n) is 4.56. The highest BCUT2D eigenvalue weighted by molar-refractivity contribution is 6.10. The van der Waals surface area contributed by atoms with Crippen molar-refractivity contribution in [2.45, 2.75) is 20.3 Å². The van der Waals surface area contributed by atoms with Gasteiger partial charge in [0.15, 0.2) is 18.2 Å². The number of ketones is 1. The molecule has 0 amide bonds. The Kier molecular flexibility index (Phi) is 3.40. The van der Waals surface area contributed by atoms with Gasteiger partial charge in [-0.15, -0.1) is 0 Å². The zero-order valence-electron chi connectivity index (χ0n) is 8.40. The number of aliphatic hydroxyl groups excluding tert-OH is 1. The van der Waals surface area contributed by atoms with Crippen molar-refractivity contribution in [2.24, 2.45) is 0 Å². The first-order valence-corrected chi connectivity index (χ1v) is 4.56. The highest BCUT2D eigenvalue weighted by atomic mass is 16.3. The summed E-state index contributed by atoms with van der Waals surface area (Å²) in [6.07, 6.45) is 3.93. The number of allylic oxidation sites excluding steroid dienone is 2. The molecule has 0 saturated heterocycles. The van der Waals surface area contributed by atoms with E-state index < -0.39 is 0 Å². The van der Waals surface area contributed by atoms with E-state index in [1.165, 1.54) is 6.92 Å². The molecular weight excluding hydrogens is 178 g/mol. The molecule has 3 heteroatoms. The van der Waals surface area contributed by atoms with Crippen LogP contribution in [0.3, 0.4) is 0 Å². The minimum Gasteiger partial charge on any atom is -0.506 e. The number of rotatable bonds is 3. The molecule has 1 heterocycles. The zero-order chi connectivity index (χ0) is 10.6. The molecule has 0 atom stereocenters. The second-order valence-electron chi connectivity index (χ2n) is 2.99. The fraction of sp³-hybridized carbons (Fsp3) is 0.273. The number of carbonyl (C=O) groups is 1. The predicted molar refractivity (Wildman–Crippen MR) is 53.5 cm³/mol. The molecular formula is C11H14NO2+. The van der Waals surface area contributed by atoms with Gasteiger partial charge in [-0.05, 0) is 0 Å². The summed E-state index contributed by atoms with van der Waals surface area (Å²) in [6.45, 7) is 3.25. The van der Waals surface area contributed by atoms with E-state index in [1.807, 2.05) is 25.1 Å². The van der Waals surface area contributed by atoms with E-state index in [2.05, 4.69) is 0 Å². The van der Waals surface area contributed by atoms with Crippen molar-refractivity contribution in [3.8, 4) is 0 Å². The molecule has 1 N–H and O–H groups in total. The van der Waals surface area contributed by atoms with Crippen molar-refractivity contribution >= 4 is 11.5 Å². The van der Waals surface area contributed by atoms with Crippen molar-refractivity contribution in [1.29, 1.82) is 0 Å². The van der Waals surface area contributed by atoms with Crippen molar-refractivity contribution < 1.29 is 14.5 Å². The summed E-state index contributed by atoms with van der Waals surface area (Å²) in [4.78, 5) is 11.3. The summed E-state index contributed by atoms with van der Waals surface area (Å²) in [5.41, 5.74) is 0.341. The van der Waals surface area contributed by atoms with Crippen LogP contribution in [0, 0.1) is 0 Å². The van der Waals surface area contributed by atoms with Crippen LogP contribution in [0.1, 0.15) is 20.3 Å². The first-order chi connectivity index (χ1) is 6.66. The average Bonchev–Trinajstić information content (AvgIpc) is 2.19. The van der Waals surface area contributed by atoms with Crippen LogP contribution in [0.4, 0.5) is 0 Å². The average molecular weight is 192 g/mol. The van der Waals surface area contributed by atoms with Crippen LogP contribution < -0.4 is 4.57 Å². The van der Waals surface area contributed by atoms with Gasteiger partial charge in [-0.25, -0.2) is 0 Å². The lowest BCUT2D eigenvalue weighted by Gasteiger charge is -1.99. The van der Waals surface area contributed by atoms with Crippen LogP contribution in [0.2, 0.25) is 0 Å². The first kappa shape index (κ1) is 10.4. The van der Waals surface area contributed by atoms with Gasteiger partial charge in [0, 0.05) is 25.5 Å². The van der Waals surface area contributed by atoms with E-state index in [0.29, 0.717) is 12.1 Å². The SMILES string of the molecule is CCC(O)=C(C(C)=O)[n+]1ccccc1. The number of hydrogen-bond acceptors (Lipinski definition) is 2. The molecule has 0 radical (unpaired) electrons. The van der Waals surface area contributed by atoms with Crippen molar-refractivity contribution in [3.05, 3.63) is 36.4 Å². The third kappa shape index (κ3) is 2.19. The van der Waals surface area contributed by atoms with Crippen LogP contribution in [-0.2, 0) is 4.79 Å². The number of aromatic nitrogens is 1. The lowest BCUT2D eigenvalue weighted by Crippen LogP contribution is -2.35. The van der Waals surface area contributed by atoms with Crippen LogP contribution in [0.15, 0.2) is 36.4 Å². The van der Waals surface area contributed by atoms with Gasteiger partial charge in [-0.2, -0.15) is 4.57 Å². The van der Waals surface area contributed by atoms with Crippen molar-refractivity contribution in [1.82, 2.24) is 0 Å². The lowest BCUT2D eigenvalue weighted by molar-refractivity contribution is -0.579. The highest BCUT2D eigenvalue weighted by Gasteiger charge is 2.19. The van der Waals surface area contributed by atoms with E-state index in [9.17, 15) is 9.90 Å². The zero-order valence-corrected chi connectivity index (χ0v) is 8.40. The van der Waals surface area contributed by atoms with Gasteiger partial charge in [-0.1, -0.05) is 13.0 Å². The van der Waals surface area contributed by atoms with E-state index in [-0.39, 0.29) is 11.5 Å².